The molecule has 0 saturated heterocycles. The predicted octanol–water partition coefficient (Wildman–Crippen LogP) is 3.82. The van der Waals surface area contributed by atoms with Crippen LogP contribution in [0.25, 0.3) is 0 Å². The maximum atomic E-state index is 13.2. The second kappa shape index (κ2) is 7.77. The van der Waals surface area contributed by atoms with Crippen molar-refractivity contribution in [3.05, 3.63) is 12.7 Å². The summed E-state index contributed by atoms with van der Waals surface area (Å²) in [5.74, 6) is -0.706. The number of rotatable bonds is 9. The summed E-state index contributed by atoms with van der Waals surface area (Å²) in [4.78, 5) is 36.8. The lowest BCUT2D eigenvalue weighted by atomic mass is 9.46. The molecule has 0 amide bonds. The van der Waals surface area contributed by atoms with E-state index in [0.29, 0.717) is 17.8 Å². The molecule has 4 rings (SSSR count). The number of carbonyl (C=O) groups is 3. The number of esters is 2. The van der Waals surface area contributed by atoms with E-state index in [-0.39, 0.29) is 18.5 Å². The molecule has 6 nitrogen and oxygen atoms in total. The van der Waals surface area contributed by atoms with E-state index in [4.69, 9.17) is 14.2 Å². The minimum atomic E-state index is -1.38. The summed E-state index contributed by atoms with van der Waals surface area (Å²) in [6, 6.07) is 0. The van der Waals surface area contributed by atoms with Gasteiger partial charge in [-0.05, 0) is 84.0 Å². The normalized spacial score (nSPS) is 31.7. The molecule has 6 heteroatoms. The predicted molar refractivity (Wildman–Crippen MR) is 107 cm³/mol. The van der Waals surface area contributed by atoms with Crippen LogP contribution in [-0.2, 0) is 28.6 Å². The highest BCUT2D eigenvalue weighted by Crippen LogP contribution is 2.64. The van der Waals surface area contributed by atoms with E-state index in [1.54, 1.807) is 0 Å². The molecule has 0 heterocycles. The Labute approximate surface area is 173 Å². The molecule has 0 spiro atoms. The average molecular weight is 407 g/mol. The zero-order chi connectivity index (χ0) is 21.4. The van der Waals surface area contributed by atoms with Gasteiger partial charge < -0.3 is 14.2 Å². The van der Waals surface area contributed by atoms with Gasteiger partial charge in [0.2, 0.25) is 0 Å². The molecule has 0 aliphatic heterocycles. The van der Waals surface area contributed by atoms with E-state index in [9.17, 15) is 14.4 Å². The SMILES string of the molecule is C=CCOC(=O)C(C(=O)OC(C)(C)C12CC3CC(CC(C3)C1)C2)C(C)(C)OC=O. The Morgan fingerprint density at radius 1 is 1.03 bits per heavy atom. The molecule has 4 bridgehead atoms. The Balaban J connectivity index is 1.81. The van der Waals surface area contributed by atoms with Crippen LogP contribution in [0.2, 0.25) is 0 Å². The second-order valence-corrected chi connectivity index (χ2v) is 10.3. The van der Waals surface area contributed by atoms with Crippen LogP contribution in [0, 0.1) is 29.1 Å². The van der Waals surface area contributed by atoms with Crippen LogP contribution >= 0.6 is 0 Å². The third kappa shape index (κ3) is 4.08. The van der Waals surface area contributed by atoms with Crippen LogP contribution in [0.4, 0.5) is 0 Å². The van der Waals surface area contributed by atoms with Crippen molar-refractivity contribution in [1.29, 1.82) is 0 Å². The Morgan fingerprint density at radius 3 is 2.00 bits per heavy atom. The highest BCUT2D eigenvalue weighted by atomic mass is 16.6. The number of carbonyl (C=O) groups excluding carboxylic acids is 3. The molecular weight excluding hydrogens is 372 g/mol. The lowest BCUT2D eigenvalue weighted by Gasteiger charge is -2.61. The van der Waals surface area contributed by atoms with Crippen molar-refractivity contribution < 1.29 is 28.6 Å². The fourth-order valence-electron chi connectivity index (χ4n) is 6.35. The van der Waals surface area contributed by atoms with Crippen molar-refractivity contribution in [2.45, 2.75) is 77.4 Å². The monoisotopic (exact) mass is 406 g/mol. The molecule has 0 aromatic rings. The zero-order valence-electron chi connectivity index (χ0n) is 18.1. The van der Waals surface area contributed by atoms with Gasteiger partial charge in [-0.2, -0.15) is 0 Å². The van der Waals surface area contributed by atoms with E-state index < -0.39 is 29.1 Å². The van der Waals surface area contributed by atoms with Crippen LogP contribution < -0.4 is 0 Å². The first-order chi connectivity index (χ1) is 13.5. The third-order valence-electron chi connectivity index (χ3n) is 7.53. The van der Waals surface area contributed by atoms with Crippen molar-refractivity contribution in [2.24, 2.45) is 29.1 Å². The van der Waals surface area contributed by atoms with Gasteiger partial charge in [-0.1, -0.05) is 12.7 Å². The van der Waals surface area contributed by atoms with Gasteiger partial charge >= 0.3 is 11.9 Å². The highest BCUT2D eigenvalue weighted by Gasteiger charge is 2.59. The van der Waals surface area contributed by atoms with Crippen molar-refractivity contribution in [2.75, 3.05) is 6.61 Å². The molecule has 29 heavy (non-hydrogen) atoms. The molecule has 1 atom stereocenters. The van der Waals surface area contributed by atoms with E-state index in [0.717, 1.165) is 19.3 Å². The van der Waals surface area contributed by atoms with Crippen LogP contribution in [0.1, 0.15) is 66.2 Å². The summed E-state index contributed by atoms with van der Waals surface area (Å²) in [5, 5.41) is 0. The molecule has 0 aromatic carbocycles. The van der Waals surface area contributed by atoms with E-state index in [1.165, 1.54) is 39.2 Å². The molecule has 0 N–H and O–H groups in total. The molecule has 0 radical (unpaired) electrons. The van der Waals surface area contributed by atoms with Crippen LogP contribution in [0.3, 0.4) is 0 Å². The maximum Gasteiger partial charge on any atom is 0.325 e. The first kappa shape index (κ1) is 21.8. The van der Waals surface area contributed by atoms with Crippen molar-refractivity contribution in [3.63, 3.8) is 0 Å². The highest BCUT2D eigenvalue weighted by molar-refractivity contribution is 5.96. The van der Waals surface area contributed by atoms with E-state index in [2.05, 4.69) is 6.58 Å². The number of hydrogen-bond acceptors (Lipinski definition) is 6. The van der Waals surface area contributed by atoms with Crippen molar-refractivity contribution in [3.8, 4) is 0 Å². The summed E-state index contributed by atoms with van der Waals surface area (Å²) in [5.41, 5.74) is -2.15. The lowest BCUT2D eigenvalue weighted by Crippen LogP contribution is -2.58. The van der Waals surface area contributed by atoms with Crippen LogP contribution in [0.5, 0.6) is 0 Å². The molecule has 162 valence electrons. The summed E-state index contributed by atoms with van der Waals surface area (Å²) >= 11 is 0. The Bertz CT molecular complexity index is 642. The largest absolute Gasteiger partial charge is 0.461 e. The molecule has 4 fully saturated rings. The summed E-state index contributed by atoms with van der Waals surface area (Å²) in [7, 11) is 0. The molecule has 4 aliphatic carbocycles. The Hall–Kier alpha value is -1.85. The smallest absolute Gasteiger partial charge is 0.325 e. The Kier molecular flexibility index (Phi) is 5.85. The van der Waals surface area contributed by atoms with E-state index in [1.807, 2.05) is 13.8 Å². The van der Waals surface area contributed by atoms with Crippen LogP contribution in [-0.4, -0.2) is 36.2 Å². The van der Waals surface area contributed by atoms with Gasteiger partial charge in [0.25, 0.3) is 6.47 Å². The van der Waals surface area contributed by atoms with Gasteiger partial charge in [0.1, 0.15) is 17.8 Å². The molecular formula is C23H34O6. The number of ether oxygens (including phenoxy) is 3. The topological polar surface area (TPSA) is 78.9 Å². The van der Waals surface area contributed by atoms with Crippen molar-refractivity contribution >= 4 is 18.4 Å². The fourth-order valence-corrected chi connectivity index (χ4v) is 6.35. The quantitative estimate of drug-likeness (QED) is 0.190. The lowest BCUT2D eigenvalue weighted by molar-refractivity contribution is -0.210. The van der Waals surface area contributed by atoms with Gasteiger partial charge in [-0.3, -0.25) is 14.4 Å². The van der Waals surface area contributed by atoms with Gasteiger partial charge in [-0.25, -0.2) is 0 Å². The van der Waals surface area contributed by atoms with Gasteiger partial charge in [0, 0.05) is 5.41 Å². The molecule has 0 aromatic heterocycles. The van der Waals surface area contributed by atoms with Crippen LogP contribution in [0.15, 0.2) is 12.7 Å². The molecule has 4 aliphatic rings. The summed E-state index contributed by atoms with van der Waals surface area (Å²) < 4.78 is 16.2. The maximum absolute atomic E-state index is 13.2. The second-order valence-electron chi connectivity index (χ2n) is 10.3. The molecule has 1 unspecified atom stereocenters. The summed E-state index contributed by atoms with van der Waals surface area (Å²) in [6.07, 6.45) is 8.50. The van der Waals surface area contributed by atoms with Crippen molar-refractivity contribution in [1.82, 2.24) is 0 Å². The average Bonchev–Trinajstić information content (AvgIpc) is 2.57. The summed E-state index contributed by atoms with van der Waals surface area (Å²) in [6.45, 7) is 10.7. The fraction of sp³-hybridized carbons (Fsp3) is 0.783. The Morgan fingerprint density at radius 2 is 1.55 bits per heavy atom. The van der Waals surface area contributed by atoms with E-state index >= 15 is 0 Å². The van der Waals surface area contributed by atoms with Gasteiger partial charge in [-0.15, -0.1) is 0 Å². The zero-order valence-corrected chi connectivity index (χ0v) is 18.1. The molecule has 4 saturated carbocycles. The first-order valence-electron chi connectivity index (χ1n) is 10.7. The third-order valence-corrected chi connectivity index (χ3v) is 7.53. The number of hydrogen-bond donors (Lipinski definition) is 0. The standard InChI is InChI=1S/C23H34O6/c1-6-7-27-19(25)18(21(2,3)28-14-24)20(26)29-22(4,5)23-11-15-8-16(12-23)10-17(9-15)13-23/h6,14-18H,1,7-13H2,2-5H3. The minimum Gasteiger partial charge on any atom is -0.461 e. The first-order valence-corrected chi connectivity index (χ1v) is 10.7. The minimum absolute atomic E-state index is 0.0296. The van der Waals surface area contributed by atoms with Gasteiger partial charge in [0.05, 0.1) is 0 Å². The van der Waals surface area contributed by atoms with Gasteiger partial charge in [0.15, 0.2) is 5.92 Å².